The Morgan fingerprint density at radius 1 is 0.552 bits per heavy atom. The van der Waals surface area contributed by atoms with Gasteiger partial charge >= 0.3 is 0 Å². The van der Waals surface area contributed by atoms with Crippen LogP contribution in [-0.2, 0) is 5.41 Å². The summed E-state index contributed by atoms with van der Waals surface area (Å²) < 4.78 is 2.38. The third-order valence-electron chi connectivity index (χ3n) is 12.1. The number of allylic oxidation sites excluding steroid dienone is 5. The maximum Gasteiger partial charge on any atom is 0.0541 e. The predicted molar refractivity (Wildman–Crippen MR) is 249 cm³/mol. The molecule has 0 saturated heterocycles. The Kier molecular flexibility index (Phi) is 8.57. The second kappa shape index (κ2) is 14.1. The number of hydrogen-bond acceptors (Lipinski definition) is 1. The van der Waals surface area contributed by atoms with Crippen LogP contribution in [0.15, 0.2) is 207 Å². The van der Waals surface area contributed by atoms with Crippen LogP contribution >= 0.6 is 0 Å². The fourth-order valence-electron chi connectivity index (χ4n) is 9.29. The van der Waals surface area contributed by atoms with Crippen molar-refractivity contribution in [3.05, 3.63) is 223 Å². The zero-order valence-corrected chi connectivity index (χ0v) is 33.2. The summed E-state index contributed by atoms with van der Waals surface area (Å²) in [5, 5.41) is 4.89. The van der Waals surface area contributed by atoms with Gasteiger partial charge in [-0.05, 0) is 117 Å². The lowest BCUT2D eigenvalue weighted by molar-refractivity contribution is 0.660. The first kappa shape index (κ1) is 35.3. The Balaban J connectivity index is 1.17. The molecule has 0 spiro atoms. The molecular weight excluding hydrogens is 701 g/mol. The topological polar surface area (TPSA) is 8.17 Å². The van der Waals surface area contributed by atoms with Gasteiger partial charge in [0.2, 0.25) is 0 Å². The molecule has 9 aromatic rings. The van der Waals surface area contributed by atoms with Crippen LogP contribution in [0.25, 0.3) is 66.1 Å². The highest BCUT2D eigenvalue weighted by molar-refractivity contribution is 6.12. The number of benzene rings is 8. The molecule has 0 N–H and O–H groups in total. The average Bonchev–Trinajstić information content (AvgIpc) is 3.72. The van der Waals surface area contributed by atoms with E-state index >= 15 is 0 Å². The van der Waals surface area contributed by atoms with Crippen LogP contribution in [0.5, 0.6) is 0 Å². The summed E-state index contributed by atoms with van der Waals surface area (Å²) in [6, 6.07) is 64.7. The summed E-state index contributed by atoms with van der Waals surface area (Å²) in [4.78, 5) is 2.45. The lowest BCUT2D eigenvalue weighted by Gasteiger charge is -2.30. The Labute approximate surface area is 341 Å². The maximum absolute atomic E-state index is 4.17. The Bertz CT molecular complexity index is 3120. The van der Waals surface area contributed by atoms with Crippen molar-refractivity contribution >= 4 is 55.2 Å². The van der Waals surface area contributed by atoms with Gasteiger partial charge in [-0.15, -0.1) is 0 Å². The minimum absolute atomic E-state index is 0.130. The van der Waals surface area contributed by atoms with E-state index in [4.69, 9.17) is 0 Å². The highest BCUT2D eigenvalue weighted by atomic mass is 15.1. The first-order valence-electron chi connectivity index (χ1n) is 20.2. The van der Waals surface area contributed by atoms with E-state index in [1.54, 1.807) is 0 Å². The summed E-state index contributed by atoms with van der Waals surface area (Å²) >= 11 is 0. The van der Waals surface area contributed by atoms with Crippen molar-refractivity contribution < 1.29 is 0 Å². The largest absolute Gasteiger partial charge is 0.310 e. The zero-order valence-electron chi connectivity index (χ0n) is 33.2. The van der Waals surface area contributed by atoms with Gasteiger partial charge in [0, 0.05) is 38.6 Å². The first-order chi connectivity index (χ1) is 28.5. The van der Waals surface area contributed by atoms with E-state index in [-0.39, 0.29) is 5.41 Å². The fraction of sp³-hybridized carbons (Fsp3) is 0.0714. The van der Waals surface area contributed by atoms with Crippen LogP contribution in [0.1, 0.15) is 37.5 Å². The molecule has 0 atom stereocenters. The summed E-state index contributed by atoms with van der Waals surface area (Å²) in [7, 11) is 0. The summed E-state index contributed by atoms with van der Waals surface area (Å²) in [6.45, 7) is 10.9. The molecule has 0 amide bonds. The number of anilines is 3. The molecule has 0 saturated carbocycles. The average molecular weight is 745 g/mol. The molecule has 278 valence electrons. The van der Waals surface area contributed by atoms with Gasteiger partial charge in [0.1, 0.15) is 0 Å². The van der Waals surface area contributed by atoms with Crippen molar-refractivity contribution in [3.8, 4) is 27.9 Å². The maximum atomic E-state index is 4.17. The van der Waals surface area contributed by atoms with Crippen molar-refractivity contribution in [1.29, 1.82) is 0 Å². The van der Waals surface area contributed by atoms with Crippen molar-refractivity contribution in [3.63, 3.8) is 0 Å². The summed E-state index contributed by atoms with van der Waals surface area (Å²) in [5.74, 6) is 0. The van der Waals surface area contributed by atoms with Crippen LogP contribution in [0, 0.1) is 0 Å². The molecule has 2 nitrogen and oxygen atoms in total. The van der Waals surface area contributed by atoms with Gasteiger partial charge in [0.05, 0.1) is 16.7 Å². The van der Waals surface area contributed by atoms with Gasteiger partial charge in [0.25, 0.3) is 0 Å². The predicted octanol–water partition coefficient (Wildman–Crippen LogP) is 15.5. The molecule has 10 rings (SSSR count). The van der Waals surface area contributed by atoms with Crippen LogP contribution in [0.3, 0.4) is 0 Å². The molecule has 1 aliphatic carbocycles. The molecule has 0 unspecified atom stereocenters. The van der Waals surface area contributed by atoms with Gasteiger partial charge in [-0.2, -0.15) is 0 Å². The second-order valence-electron chi connectivity index (χ2n) is 15.7. The smallest absolute Gasteiger partial charge is 0.0541 e. The van der Waals surface area contributed by atoms with E-state index in [1.807, 2.05) is 13.0 Å². The van der Waals surface area contributed by atoms with Gasteiger partial charge in [-0.25, -0.2) is 0 Å². The van der Waals surface area contributed by atoms with E-state index in [0.717, 1.165) is 33.9 Å². The standard InChI is InChI=1S/C56H44N2/c1-5-7-18-38(6-2)39-19-17-22-42(35-39)57(43-30-31-47-46-24-13-15-27-51(46)56(3,4)52(47)37-43)54-34-32-44(45-23-11-12-25-48(45)54)40-29-33-55-50(36-40)49-26-14-16-28-53(49)58(55)41-20-9-8-10-21-41/h5-37H,2H2,1,3-4H3/b7-5-,38-18+. The number of hydrogen-bond donors (Lipinski definition) is 0. The molecule has 1 aliphatic rings. The minimum Gasteiger partial charge on any atom is -0.310 e. The van der Waals surface area contributed by atoms with Crippen LogP contribution < -0.4 is 4.90 Å². The molecule has 8 aromatic carbocycles. The lowest BCUT2D eigenvalue weighted by Crippen LogP contribution is -2.16. The van der Waals surface area contributed by atoms with Crippen molar-refractivity contribution in [2.45, 2.75) is 26.2 Å². The van der Waals surface area contributed by atoms with E-state index in [1.165, 1.54) is 66.0 Å². The normalized spacial score (nSPS) is 13.3. The van der Waals surface area contributed by atoms with E-state index in [0.29, 0.717) is 0 Å². The molecule has 2 heteroatoms. The van der Waals surface area contributed by atoms with Gasteiger partial charge in [0.15, 0.2) is 0 Å². The SMILES string of the molecule is C=C/C(=C\C=C/C)c1cccc(N(c2ccc3c(c2)C(C)(C)c2ccccc2-3)c2ccc(-c3ccc4c(c3)c3ccccc3n4-c3ccccc3)c3ccccc23)c1. The summed E-state index contributed by atoms with van der Waals surface area (Å²) in [5.41, 5.74) is 16.7. The first-order valence-corrected chi connectivity index (χ1v) is 20.2. The zero-order chi connectivity index (χ0) is 39.4. The third-order valence-corrected chi connectivity index (χ3v) is 12.1. The number of para-hydroxylation sites is 2. The monoisotopic (exact) mass is 744 g/mol. The van der Waals surface area contributed by atoms with Crippen LogP contribution in [-0.4, -0.2) is 4.57 Å². The number of nitrogens with zero attached hydrogens (tertiary/aromatic N) is 2. The highest BCUT2D eigenvalue weighted by Gasteiger charge is 2.36. The quantitative estimate of drug-likeness (QED) is 0.141. The molecule has 0 bridgehead atoms. The molecule has 0 radical (unpaired) electrons. The van der Waals surface area contributed by atoms with E-state index in [2.05, 4.69) is 224 Å². The van der Waals surface area contributed by atoms with Gasteiger partial charge < -0.3 is 9.47 Å². The molecular formula is C56H44N2. The Hall–Kier alpha value is -7.16. The van der Waals surface area contributed by atoms with Crippen LogP contribution in [0.4, 0.5) is 17.1 Å². The third kappa shape index (κ3) is 5.64. The van der Waals surface area contributed by atoms with E-state index in [9.17, 15) is 0 Å². The molecule has 1 aromatic heterocycles. The highest BCUT2D eigenvalue weighted by Crippen LogP contribution is 2.51. The molecule has 0 fully saturated rings. The molecule has 1 heterocycles. The summed E-state index contributed by atoms with van der Waals surface area (Å²) in [6.07, 6.45) is 8.20. The van der Waals surface area contributed by atoms with E-state index < -0.39 is 0 Å². The van der Waals surface area contributed by atoms with Crippen molar-refractivity contribution in [1.82, 2.24) is 4.57 Å². The van der Waals surface area contributed by atoms with Crippen LogP contribution in [0.2, 0.25) is 0 Å². The van der Waals surface area contributed by atoms with Gasteiger partial charge in [-0.3, -0.25) is 0 Å². The number of rotatable bonds is 8. The molecule has 58 heavy (non-hydrogen) atoms. The fourth-order valence-corrected chi connectivity index (χ4v) is 9.29. The number of fused-ring (bicyclic) bond motifs is 7. The van der Waals surface area contributed by atoms with Gasteiger partial charge in [-0.1, -0.05) is 160 Å². The number of aromatic nitrogens is 1. The Morgan fingerprint density at radius 2 is 1.24 bits per heavy atom. The lowest BCUT2D eigenvalue weighted by atomic mass is 9.82. The van der Waals surface area contributed by atoms with Crippen molar-refractivity contribution in [2.24, 2.45) is 0 Å². The second-order valence-corrected chi connectivity index (χ2v) is 15.7. The van der Waals surface area contributed by atoms with Crippen molar-refractivity contribution in [2.75, 3.05) is 4.90 Å². The molecule has 0 aliphatic heterocycles. The minimum atomic E-state index is -0.130. The Morgan fingerprint density at radius 3 is 2.07 bits per heavy atom.